The maximum atomic E-state index is 13.8. The molecule has 0 aromatic heterocycles. The molecule has 1 aliphatic heterocycles. The second kappa shape index (κ2) is 8.07. The number of aryl methyl sites for hydroxylation is 1. The second-order valence-electron chi connectivity index (χ2n) is 5.46. The van der Waals surface area contributed by atoms with Crippen LogP contribution in [0.3, 0.4) is 0 Å². The van der Waals surface area contributed by atoms with Crippen molar-refractivity contribution in [2.75, 3.05) is 13.2 Å². The van der Waals surface area contributed by atoms with Crippen molar-refractivity contribution < 1.29 is 18.3 Å². The summed E-state index contributed by atoms with van der Waals surface area (Å²) in [7, 11) is 0. The Labute approximate surface area is 130 Å². The first-order valence-electron chi connectivity index (χ1n) is 7.49. The van der Waals surface area contributed by atoms with Crippen LogP contribution in [0.15, 0.2) is 35.9 Å². The van der Waals surface area contributed by atoms with E-state index in [0.717, 1.165) is 12.8 Å². The summed E-state index contributed by atoms with van der Waals surface area (Å²) in [6.45, 7) is 4.71. The Morgan fingerprint density at radius 3 is 2.41 bits per heavy atom. The Hall–Kier alpha value is -1.70. The molecule has 4 heteroatoms. The van der Waals surface area contributed by atoms with Gasteiger partial charge in [-0.15, -0.1) is 0 Å². The molecule has 1 aliphatic rings. The van der Waals surface area contributed by atoms with Gasteiger partial charge >= 0.3 is 0 Å². The van der Waals surface area contributed by atoms with Gasteiger partial charge in [-0.1, -0.05) is 38.3 Å². The predicted octanol–water partition coefficient (Wildman–Crippen LogP) is 4.15. The van der Waals surface area contributed by atoms with Gasteiger partial charge in [0.25, 0.3) is 0 Å². The molecule has 0 aliphatic carbocycles. The Morgan fingerprint density at radius 1 is 1.18 bits per heavy atom. The van der Waals surface area contributed by atoms with Crippen molar-refractivity contribution in [3.05, 3.63) is 47.0 Å². The van der Waals surface area contributed by atoms with E-state index in [1.165, 1.54) is 5.56 Å². The molecule has 0 saturated carbocycles. The largest absolute Gasteiger partial charge is 0.346 e. The summed E-state index contributed by atoms with van der Waals surface area (Å²) in [5.41, 5.74) is 1.84. The highest BCUT2D eigenvalue weighted by atomic mass is 19.2. The number of allylic oxidation sites excluding steroid dienone is 1. The first kappa shape index (κ1) is 16.7. The number of halogens is 2. The van der Waals surface area contributed by atoms with Crippen LogP contribution in [0.5, 0.6) is 0 Å². The normalized spacial score (nSPS) is 22.5. The highest BCUT2D eigenvalue weighted by molar-refractivity contribution is 5.40. The molecule has 0 unspecified atom stereocenters. The van der Waals surface area contributed by atoms with Gasteiger partial charge in [0.1, 0.15) is 0 Å². The van der Waals surface area contributed by atoms with Gasteiger partial charge in [-0.2, -0.15) is 4.39 Å². The van der Waals surface area contributed by atoms with E-state index in [1.807, 2.05) is 19.1 Å². The van der Waals surface area contributed by atoms with Crippen molar-refractivity contribution in [1.29, 1.82) is 0 Å². The molecule has 0 atom stereocenters. The zero-order valence-corrected chi connectivity index (χ0v) is 12.9. The summed E-state index contributed by atoms with van der Waals surface area (Å²) in [5, 5.41) is 0. The highest BCUT2D eigenvalue weighted by Gasteiger charge is 2.25. The van der Waals surface area contributed by atoms with E-state index in [9.17, 15) is 8.78 Å². The topological polar surface area (TPSA) is 18.5 Å². The summed E-state index contributed by atoms with van der Waals surface area (Å²) in [6, 6.07) is 7.50. The average Bonchev–Trinajstić information content (AvgIpc) is 2.54. The molecule has 1 saturated heterocycles. The van der Waals surface area contributed by atoms with Crippen LogP contribution in [0, 0.1) is 17.8 Å². The van der Waals surface area contributed by atoms with Crippen molar-refractivity contribution in [3.8, 4) is 11.8 Å². The van der Waals surface area contributed by atoms with Crippen LogP contribution in [0.1, 0.15) is 31.4 Å². The predicted molar refractivity (Wildman–Crippen MR) is 81.4 cm³/mol. The van der Waals surface area contributed by atoms with Gasteiger partial charge in [0.05, 0.1) is 13.2 Å². The number of hydrogen-bond acceptors (Lipinski definition) is 2. The Morgan fingerprint density at radius 2 is 1.82 bits per heavy atom. The van der Waals surface area contributed by atoms with Crippen LogP contribution in [0.2, 0.25) is 0 Å². The smallest absolute Gasteiger partial charge is 0.214 e. The third-order valence-electron chi connectivity index (χ3n) is 3.29. The van der Waals surface area contributed by atoms with Crippen molar-refractivity contribution >= 4 is 0 Å². The second-order valence-corrected chi connectivity index (χ2v) is 5.46. The van der Waals surface area contributed by atoms with Crippen LogP contribution in [0.4, 0.5) is 8.78 Å². The highest BCUT2D eigenvalue weighted by Crippen LogP contribution is 2.21. The van der Waals surface area contributed by atoms with Gasteiger partial charge in [0, 0.05) is 11.5 Å². The summed E-state index contributed by atoms with van der Waals surface area (Å²) in [4.78, 5) is 0. The molecule has 1 heterocycles. The minimum atomic E-state index is -1.28. The molecule has 0 amide bonds. The lowest BCUT2D eigenvalue weighted by Crippen LogP contribution is -2.31. The van der Waals surface area contributed by atoms with E-state index >= 15 is 0 Å². The van der Waals surface area contributed by atoms with E-state index in [2.05, 4.69) is 18.8 Å². The van der Waals surface area contributed by atoms with Crippen LogP contribution in [0.25, 0.3) is 0 Å². The van der Waals surface area contributed by atoms with E-state index < -0.39 is 17.9 Å². The van der Waals surface area contributed by atoms with Crippen molar-refractivity contribution in [2.45, 2.75) is 33.0 Å². The van der Waals surface area contributed by atoms with Crippen molar-refractivity contribution in [2.24, 2.45) is 5.92 Å². The monoisotopic (exact) mass is 306 g/mol. The van der Waals surface area contributed by atoms with Gasteiger partial charge < -0.3 is 9.47 Å². The van der Waals surface area contributed by atoms with Crippen LogP contribution < -0.4 is 0 Å². The fourth-order valence-corrected chi connectivity index (χ4v) is 2.08. The van der Waals surface area contributed by atoms with Crippen LogP contribution >= 0.6 is 0 Å². The first-order valence-corrected chi connectivity index (χ1v) is 7.49. The van der Waals surface area contributed by atoms with E-state index in [-0.39, 0.29) is 5.92 Å². The fraction of sp³-hybridized carbons (Fsp3) is 0.444. The molecule has 2 rings (SSSR count). The first-order chi connectivity index (χ1) is 10.6. The van der Waals surface area contributed by atoms with E-state index in [4.69, 9.17) is 9.47 Å². The lowest BCUT2D eigenvalue weighted by molar-refractivity contribution is -0.185. The van der Waals surface area contributed by atoms with Crippen molar-refractivity contribution in [3.63, 3.8) is 0 Å². The molecule has 1 fully saturated rings. The molecule has 0 bridgehead atoms. The molecule has 0 radical (unpaired) electrons. The van der Waals surface area contributed by atoms with Crippen LogP contribution in [-0.2, 0) is 15.9 Å². The van der Waals surface area contributed by atoms with Crippen molar-refractivity contribution in [1.82, 2.24) is 0 Å². The number of ether oxygens (including phenoxy) is 2. The quantitative estimate of drug-likeness (QED) is 0.781. The number of hydrogen-bond donors (Lipinski definition) is 0. The SMILES string of the molecule is CCCc1ccc(C#C/C(F)=C(\F)C2OCC(C)CO2)cc1. The maximum absolute atomic E-state index is 13.8. The zero-order chi connectivity index (χ0) is 15.9. The molecule has 2 nitrogen and oxygen atoms in total. The van der Waals surface area contributed by atoms with E-state index in [0.29, 0.717) is 18.8 Å². The van der Waals surface area contributed by atoms with Crippen LogP contribution in [-0.4, -0.2) is 19.5 Å². The lowest BCUT2D eigenvalue weighted by Gasteiger charge is -2.25. The van der Waals surface area contributed by atoms with E-state index in [1.54, 1.807) is 12.1 Å². The minimum Gasteiger partial charge on any atom is -0.346 e. The summed E-state index contributed by atoms with van der Waals surface area (Å²) < 4.78 is 37.8. The number of rotatable bonds is 3. The number of benzene rings is 1. The standard InChI is InChI=1S/C18H20F2O2/c1-3-4-14-5-7-15(8-6-14)9-10-16(19)17(20)18-21-11-13(2)12-22-18/h5-8,13,18H,3-4,11-12H2,1-2H3/b17-16+. The fourth-order valence-electron chi connectivity index (χ4n) is 2.08. The average molecular weight is 306 g/mol. The Balaban J connectivity index is 2.04. The minimum absolute atomic E-state index is 0.180. The molecule has 1 aromatic carbocycles. The van der Waals surface area contributed by atoms with Gasteiger partial charge in [0.15, 0.2) is 0 Å². The maximum Gasteiger partial charge on any atom is 0.214 e. The lowest BCUT2D eigenvalue weighted by atomic mass is 10.1. The molecule has 118 valence electrons. The summed E-state index contributed by atoms with van der Waals surface area (Å²) in [6.07, 6.45) is 0.774. The molecule has 0 spiro atoms. The molecule has 1 aromatic rings. The summed E-state index contributed by atoms with van der Waals surface area (Å²) >= 11 is 0. The van der Waals surface area contributed by atoms with Gasteiger partial charge in [-0.3, -0.25) is 0 Å². The van der Waals surface area contributed by atoms with Gasteiger partial charge in [0.2, 0.25) is 17.9 Å². The molecular formula is C18H20F2O2. The Bertz CT molecular complexity index is 573. The third kappa shape index (κ3) is 4.66. The zero-order valence-electron chi connectivity index (χ0n) is 12.9. The summed E-state index contributed by atoms with van der Waals surface area (Å²) in [5.74, 6) is 2.74. The third-order valence-corrected chi connectivity index (χ3v) is 3.29. The van der Waals surface area contributed by atoms with Gasteiger partial charge in [-0.05, 0) is 30.0 Å². The molecular weight excluding hydrogens is 286 g/mol. The van der Waals surface area contributed by atoms with Gasteiger partial charge in [-0.25, -0.2) is 4.39 Å². The molecule has 0 N–H and O–H groups in total. The Kier molecular flexibility index (Phi) is 6.11. The molecule has 22 heavy (non-hydrogen) atoms.